The molecule has 1 N–H and O–H groups in total. The molecule has 1 aromatic heterocycles. The molecule has 6 rings (SSSR count). The Bertz CT molecular complexity index is 1430. The number of rotatable bonds is 4. The van der Waals surface area contributed by atoms with Crippen LogP contribution in [0.4, 0.5) is 0 Å². The van der Waals surface area contributed by atoms with Crippen LogP contribution in [0.1, 0.15) is 35.2 Å². The van der Waals surface area contributed by atoms with Crippen LogP contribution < -0.4 is 0 Å². The highest BCUT2D eigenvalue weighted by Gasteiger charge is 2.56. The van der Waals surface area contributed by atoms with Gasteiger partial charge in [-0.3, -0.25) is 9.59 Å². The summed E-state index contributed by atoms with van der Waals surface area (Å²) in [6.07, 6.45) is 0.711. The molecule has 1 saturated heterocycles. The Morgan fingerprint density at radius 3 is 2.46 bits per heavy atom. The molecule has 2 amide bonds. The average Bonchev–Trinajstić information content (AvgIpc) is 3.28. The van der Waals surface area contributed by atoms with E-state index in [-0.39, 0.29) is 24.3 Å². The number of aromatic nitrogens is 1. The van der Waals surface area contributed by atoms with Crippen LogP contribution in [0.3, 0.4) is 0 Å². The first-order valence-corrected chi connectivity index (χ1v) is 12.3. The van der Waals surface area contributed by atoms with Gasteiger partial charge in [-0.05, 0) is 48.2 Å². The lowest BCUT2D eigenvalue weighted by Gasteiger charge is -2.51. The maximum Gasteiger partial charge on any atom is 0.254 e. The van der Waals surface area contributed by atoms with Crippen LogP contribution in [0, 0.1) is 0 Å². The number of piperazine rings is 1. The lowest BCUT2D eigenvalue weighted by Crippen LogP contribution is -2.67. The Balaban J connectivity index is 1.45. The van der Waals surface area contributed by atoms with Crippen LogP contribution in [0.5, 0.6) is 0 Å². The minimum absolute atomic E-state index is 0.0246. The topological polar surface area (TPSA) is 56.4 Å². The molecule has 176 valence electrons. The Morgan fingerprint density at radius 1 is 0.971 bits per heavy atom. The molecular formula is C29H26ClN3O2. The standard InChI is InChI=1S/C29H26ClN3O2/c1-29-27-26(22-9-5-6-10-24(22)31-27)23(20-11-13-21(30)14-12-20)17-33(29)25(34)18-32(28(29)35)16-15-19-7-3-2-4-8-19/h2-14,23,31H,15-18H2,1H3. The van der Waals surface area contributed by atoms with E-state index >= 15 is 0 Å². The molecule has 4 aromatic rings. The number of para-hydroxylation sites is 1. The Kier molecular flexibility index (Phi) is 5.19. The van der Waals surface area contributed by atoms with Crippen LogP contribution in [0.25, 0.3) is 10.9 Å². The van der Waals surface area contributed by atoms with Crippen LogP contribution >= 0.6 is 11.6 Å². The summed E-state index contributed by atoms with van der Waals surface area (Å²) in [5.74, 6) is -0.113. The van der Waals surface area contributed by atoms with E-state index in [0.717, 1.165) is 33.3 Å². The summed E-state index contributed by atoms with van der Waals surface area (Å²) < 4.78 is 0. The number of halogens is 1. The molecule has 0 radical (unpaired) electrons. The first-order valence-electron chi connectivity index (χ1n) is 12.0. The third kappa shape index (κ3) is 3.45. The SMILES string of the molecule is CC12C(=O)N(CCc3ccccc3)CC(=O)N1CC(c1ccc(Cl)cc1)c1c2[nH]c2ccccc12. The largest absolute Gasteiger partial charge is 0.356 e. The average molecular weight is 484 g/mol. The second-order valence-electron chi connectivity index (χ2n) is 9.60. The highest BCUT2D eigenvalue weighted by atomic mass is 35.5. The summed E-state index contributed by atoms with van der Waals surface area (Å²) in [7, 11) is 0. The van der Waals surface area contributed by atoms with E-state index in [1.807, 2.05) is 67.6 Å². The van der Waals surface area contributed by atoms with Crippen molar-refractivity contribution in [3.63, 3.8) is 0 Å². The molecule has 5 nitrogen and oxygen atoms in total. The molecule has 6 heteroatoms. The zero-order valence-electron chi connectivity index (χ0n) is 19.5. The first-order chi connectivity index (χ1) is 17.0. The van der Waals surface area contributed by atoms with E-state index in [2.05, 4.69) is 23.2 Å². The fourth-order valence-electron chi connectivity index (χ4n) is 5.76. The van der Waals surface area contributed by atoms with Gasteiger partial charge in [0.1, 0.15) is 0 Å². The van der Waals surface area contributed by atoms with Gasteiger partial charge in [0.05, 0.1) is 12.2 Å². The number of carbonyl (C=O) groups is 2. The van der Waals surface area contributed by atoms with Crippen molar-refractivity contribution < 1.29 is 9.59 Å². The summed E-state index contributed by atoms with van der Waals surface area (Å²) >= 11 is 6.17. The minimum Gasteiger partial charge on any atom is -0.356 e. The molecule has 0 saturated carbocycles. The lowest BCUT2D eigenvalue weighted by molar-refractivity contribution is -0.166. The fourth-order valence-corrected chi connectivity index (χ4v) is 5.89. The molecule has 0 bridgehead atoms. The highest BCUT2D eigenvalue weighted by Crippen LogP contribution is 2.48. The molecule has 35 heavy (non-hydrogen) atoms. The Hall–Kier alpha value is -3.57. The van der Waals surface area contributed by atoms with Crippen LogP contribution in [-0.2, 0) is 21.5 Å². The van der Waals surface area contributed by atoms with Gasteiger partial charge in [-0.2, -0.15) is 0 Å². The van der Waals surface area contributed by atoms with Gasteiger partial charge in [0.15, 0.2) is 5.54 Å². The maximum absolute atomic E-state index is 14.1. The van der Waals surface area contributed by atoms with Gasteiger partial charge in [-0.1, -0.05) is 72.3 Å². The van der Waals surface area contributed by atoms with E-state index in [1.54, 1.807) is 9.80 Å². The highest BCUT2D eigenvalue weighted by molar-refractivity contribution is 6.30. The number of carbonyl (C=O) groups excluding carboxylic acids is 2. The molecule has 3 aromatic carbocycles. The van der Waals surface area contributed by atoms with Gasteiger partial charge < -0.3 is 14.8 Å². The normalized spacial score (nSPS) is 21.8. The number of H-pyrrole nitrogens is 1. The Morgan fingerprint density at radius 2 is 1.69 bits per heavy atom. The molecule has 0 aliphatic carbocycles. The lowest BCUT2D eigenvalue weighted by atomic mass is 9.76. The molecule has 0 spiro atoms. The Labute approximate surface area is 209 Å². The third-order valence-corrected chi connectivity index (χ3v) is 7.85. The summed E-state index contributed by atoms with van der Waals surface area (Å²) in [6.45, 7) is 2.95. The fraction of sp³-hybridized carbons (Fsp3) is 0.241. The van der Waals surface area contributed by atoms with Crippen molar-refractivity contribution >= 4 is 34.3 Å². The van der Waals surface area contributed by atoms with Gasteiger partial charge in [0.2, 0.25) is 5.91 Å². The van der Waals surface area contributed by atoms with Crippen molar-refractivity contribution in [3.05, 3.63) is 106 Å². The quantitative estimate of drug-likeness (QED) is 0.439. The van der Waals surface area contributed by atoms with Crippen LogP contribution in [0.15, 0.2) is 78.9 Å². The number of aromatic amines is 1. The van der Waals surface area contributed by atoms with Gasteiger partial charge in [-0.15, -0.1) is 0 Å². The monoisotopic (exact) mass is 483 g/mol. The minimum atomic E-state index is -1.08. The van der Waals surface area contributed by atoms with Gasteiger partial charge in [-0.25, -0.2) is 0 Å². The van der Waals surface area contributed by atoms with Gasteiger partial charge in [0, 0.05) is 34.9 Å². The molecule has 3 heterocycles. The predicted octanol–water partition coefficient (Wildman–Crippen LogP) is 5.10. The second kappa shape index (κ2) is 8.28. The smallest absolute Gasteiger partial charge is 0.254 e. The molecule has 2 atom stereocenters. The molecule has 1 fully saturated rings. The van der Waals surface area contributed by atoms with Crippen molar-refractivity contribution in [2.75, 3.05) is 19.6 Å². The van der Waals surface area contributed by atoms with Crippen molar-refractivity contribution in [1.82, 2.24) is 14.8 Å². The summed E-state index contributed by atoms with van der Waals surface area (Å²) in [5.41, 5.74) is 4.03. The van der Waals surface area contributed by atoms with E-state index in [4.69, 9.17) is 11.6 Å². The van der Waals surface area contributed by atoms with E-state index in [1.165, 1.54) is 0 Å². The van der Waals surface area contributed by atoms with Gasteiger partial charge >= 0.3 is 0 Å². The second-order valence-corrected chi connectivity index (χ2v) is 10.0. The van der Waals surface area contributed by atoms with E-state index in [9.17, 15) is 9.59 Å². The van der Waals surface area contributed by atoms with E-state index < -0.39 is 5.54 Å². The number of benzene rings is 3. The number of hydrogen-bond acceptors (Lipinski definition) is 2. The van der Waals surface area contributed by atoms with Gasteiger partial charge in [0.25, 0.3) is 5.91 Å². The van der Waals surface area contributed by atoms with Crippen molar-refractivity contribution in [2.24, 2.45) is 0 Å². The number of nitrogens with zero attached hydrogens (tertiary/aromatic N) is 2. The number of amides is 2. The van der Waals surface area contributed by atoms with Crippen molar-refractivity contribution in [2.45, 2.75) is 24.8 Å². The van der Waals surface area contributed by atoms with Crippen molar-refractivity contribution in [1.29, 1.82) is 0 Å². The molecule has 2 unspecified atom stereocenters. The van der Waals surface area contributed by atoms with Crippen molar-refractivity contribution in [3.8, 4) is 0 Å². The van der Waals surface area contributed by atoms with Crippen LogP contribution in [0.2, 0.25) is 5.02 Å². The predicted molar refractivity (Wildman–Crippen MR) is 137 cm³/mol. The number of fused-ring (bicyclic) bond motifs is 5. The third-order valence-electron chi connectivity index (χ3n) is 7.60. The molecule has 2 aliphatic rings. The van der Waals surface area contributed by atoms with Crippen LogP contribution in [-0.4, -0.2) is 46.2 Å². The summed E-state index contributed by atoms with van der Waals surface area (Å²) in [4.78, 5) is 34.7. The number of hydrogen-bond donors (Lipinski definition) is 1. The molecular weight excluding hydrogens is 458 g/mol. The zero-order valence-corrected chi connectivity index (χ0v) is 20.3. The van der Waals surface area contributed by atoms with E-state index in [0.29, 0.717) is 24.5 Å². The summed E-state index contributed by atoms with van der Waals surface area (Å²) in [6, 6.07) is 26.0. The maximum atomic E-state index is 14.1. The molecule has 2 aliphatic heterocycles. The summed E-state index contributed by atoms with van der Waals surface area (Å²) in [5, 5.41) is 1.76. The number of nitrogens with one attached hydrogen (secondary N) is 1. The zero-order chi connectivity index (χ0) is 24.2. The first kappa shape index (κ1) is 21.9.